The van der Waals surface area contributed by atoms with E-state index in [1.807, 2.05) is 29.6 Å². The van der Waals surface area contributed by atoms with Gasteiger partial charge in [0.05, 0.1) is 0 Å². The van der Waals surface area contributed by atoms with E-state index in [0.29, 0.717) is 0 Å². The van der Waals surface area contributed by atoms with Crippen molar-refractivity contribution in [3.8, 4) is 11.5 Å². The quantitative estimate of drug-likeness (QED) is 0.756. The van der Waals surface area contributed by atoms with Crippen molar-refractivity contribution >= 4 is 43.4 Å². The Morgan fingerprint density at radius 3 is 3.11 bits per heavy atom. The molecule has 92 valence electrons. The fraction of sp³-hybridized carbons (Fsp3) is 0.154. The molecular formula is C13H11BrN2OS. The first-order valence-corrected chi connectivity index (χ1v) is 7.32. The van der Waals surface area contributed by atoms with Gasteiger partial charge in [-0.15, -0.1) is 11.3 Å². The van der Waals surface area contributed by atoms with Crippen LogP contribution in [-0.4, -0.2) is 11.5 Å². The first kappa shape index (κ1) is 11.7. The Bertz CT molecular complexity index is 689. The van der Waals surface area contributed by atoms with Crippen molar-refractivity contribution in [1.29, 1.82) is 0 Å². The maximum Gasteiger partial charge on any atom is 0.183 e. The topological polar surface area (TPSA) is 38.1 Å². The number of benzene rings is 1. The third-order valence-corrected chi connectivity index (χ3v) is 3.86. The first-order chi connectivity index (χ1) is 8.76. The minimum absolute atomic E-state index is 0.809. The average molecular weight is 323 g/mol. The summed E-state index contributed by atoms with van der Waals surface area (Å²) in [6.07, 6.45) is 0. The SMILES string of the molecule is CCNc1nc(-c2cc3cc(Br)ccc3o2)cs1. The number of nitrogens with one attached hydrogen (secondary N) is 1. The molecule has 0 spiro atoms. The molecule has 0 unspecified atom stereocenters. The van der Waals surface area contributed by atoms with E-state index in [0.717, 1.165) is 38.6 Å². The van der Waals surface area contributed by atoms with Gasteiger partial charge in [-0.05, 0) is 31.2 Å². The van der Waals surface area contributed by atoms with Crippen molar-refractivity contribution in [3.63, 3.8) is 0 Å². The number of nitrogens with zero attached hydrogens (tertiary/aromatic N) is 1. The Morgan fingerprint density at radius 1 is 1.39 bits per heavy atom. The summed E-state index contributed by atoms with van der Waals surface area (Å²) < 4.78 is 6.85. The van der Waals surface area contributed by atoms with Gasteiger partial charge in [0.25, 0.3) is 0 Å². The maximum atomic E-state index is 5.80. The number of furan rings is 1. The number of hydrogen-bond acceptors (Lipinski definition) is 4. The number of aromatic nitrogens is 1. The van der Waals surface area contributed by atoms with E-state index in [-0.39, 0.29) is 0 Å². The number of fused-ring (bicyclic) bond motifs is 1. The molecule has 0 atom stereocenters. The molecular weight excluding hydrogens is 312 g/mol. The highest BCUT2D eigenvalue weighted by Gasteiger charge is 2.10. The second kappa shape index (κ2) is 4.74. The molecule has 3 nitrogen and oxygen atoms in total. The monoisotopic (exact) mass is 322 g/mol. The molecule has 0 saturated carbocycles. The zero-order valence-corrected chi connectivity index (χ0v) is 12.1. The van der Waals surface area contributed by atoms with Crippen molar-refractivity contribution in [3.05, 3.63) is 34.1 Å². The normalized spacial score (nSPS) is 11.0. The van der Waals surface area contributed by atoms with Crippen LogP contribution in [0, 0.1) is 0 Å². The van der Waals surface area contributed by atoms with E-state index in [4.69, 9.17) is 4.42 Å². The molecule has 18 heavy (non-hydrogen) atoms. The van der Waals surface area contributed by atoms with Crippen LogP contribution in [0.25, 0.3) is 22.4 Å². The van der Waals surface area contributed by atoms with Crippen LogP contribution >= 0.6 is 27.3 Å². The second-order valence-corrected chi connectivity index (χ2v) is 5.63. The molecule has 0 amide bonds. The summed E-state index contributed by atoms with van der Waals surface area (Å²) in [7, 11) is 0. The van der Waals surface area contributed by atoms with Crippen molar-refractivity contribution in [2.24, 2.45) is 0 Å². The van der Waals surface area contributed by atoms with Crippen LogP contribution in [0.3, 0.4) is 0 Å². The Kier molecular flexibility index (Phi) is 3.09. The Morgan fingerprint density at radius 2 is 2.28 bits per heavy atom. The highest BCUT2D eigenvalue weighted by Crippen LogP contribution is 2.31. The molecule has 0 radical (unpaired) electrons. The van der Waals surface area contributed by atoms with Crippen LogP contribution in [0.4, 0.5) is 5.13 Å². The zero-order chi connectivity index (χ0) is 12.5. The highest BCUT2D eigenvalue weighted by atomic mass is 79.9. The fourth-order valence-corrected chi connectivity index (χ4v) is 2.91. The van der Waals surface area contributed by atoms with Crippen LogP contribution < -0.4 is 5.32 Å². The lowest BCUT2D eigenvalue weighted by atomic mass is 10.2. The lowest BCUT2D eigenvalue weighted by Crippen LogP contribution is -1.94. The predicted molar refractivity (Wildman–Crippen MR) is 79.2 cm³/mol. The summed E-state index contributed by atoms with van der Waals surface area (Å²) in [5.41, 5.74) is 1.76. The predicted octanol–water partition coefficient (Wildman–Crippen LogP) is 4.75. The van der Waals surface area contributed by atoms with Gasteiger partial charge < -0.3 is 9.73 Å². The number of hydrogen-bond donors (Lipinski definition) is 1. The lowest BCUT2D eigenvalue weighted by molar-refractivity contribution is 0.629. The van der Waals surface area contributed by atoms with Gasteiger partial charge in [0.15, 0.2) is 10.9 Å². The number of rotatable bonds is 3. The van der Waals surface area contributed by atoms with Crippen molar-refractivity contribution in [2.45, 2.75) is 6.92 Å². The Labute approximate surface area is 117 Å². The molecule has 3 aromatic rings. The van der Waals surface area contributed by atoms with E-state index in [9.17, 15) is 0 Å². The zero-order valence-electron chi connectivity index (χ0n) is 9.74. The van der Waals surface area contributed by atoms with E-state index >= 15 is 0 Å². The van der Waals surface area contributed by atoms with Crippen molar-refractivity contribution in [2.75, 3.05) is 11.9 Å². The van der Waals surface area contributed by atoms with Gasteiger partial charge in [0.1, 0.15) is 11.3 Å². The Hall–Kier alpha value is -1.33. The van der Waals surface area contributed by atoms with Gasteiger partial charge in [-0.1, -0.05) is 15.9 Å². The number of halogens is 1. The fourth-order valence-electron chi connectivity index (χ4n) is 1.76. The summed E-state index contributed by atoms with van der Waals surface area (Å²) in [6.45, 7) is 2.93. The third-order valence-electron chi connectivity index (χ3n) is 2.56. The molecule has 1 aromatic carbocycles. The molecule has 1 N–H and O–H groups in total. The molecule has 5 heteroatoms. The minimum atomic E-state index is 0.809. The Balaban J connectivity index is 2.02. The lowest BCUT2D eigenvalue weighted by Gasteiger charge is -1.93. The maximum absolute atomic E-state index is 5.80. The van der Waals surface area contributed by atoms with Gasteiger partial charge in [-0.25, -0.2) is 4.98 Å². The smallest absolute Gasteiger partial charge is 0.183 e. The molecule has 2 aromatic heterocycles. The minimum Gasteiger partial charge on any atom is -0.454 e. The van der Waals surface area contributed by atoms with Crippen LogP contribution in [0.15, 0.2) is 38.5 Å². The van der Waals surface area contributed by atoms with Crippen molar-refractivity contribution in [1.82, 2.24) is 4.98 Å². The van der Waals surface area contributed by atoms with E-state index in [2.05, 4.69) is 33.2 Å². The molecule has 0 aliphatic rings. The molecule has 3 rings (SSSR count). The molecule has 0 aliphatic heterocycles. The van der Waals surface area contributed by atoms with Crippen LogP contribution in [0.1, 0.15) is 6.92 Å². The van der Waals surface area contributed by atoms with E-state index in [1.54, 1.807) is 11.3 Å². The molecule has 0 saturated heterocycles. The van der Waals surface area contributed by atoms with Crippen LogP contribution in [0.2, 0.25) is 0 Å². The highest BCUT2D eigenvalue weighted by molar-refractivity contribution is 9.10. The van der Waals surface area contributed by atoms with Crippen LogP contribution in [-0.2, 0) is 0 Å². The van der Waals surface area contributed by atoms with Crippen LogP contribution in [0.5, 0.6) is 0 Å². The number of anilines is 1. The van der Waals surface area contributed by atoms with E-state index < -0.39 is 0 Å². The second-order valence-electron chi connectivity index (χ2n) is 3.86. The largest absolute Gasteiger partial charge is 0.454 e. The molecule has 0 bridgehead atoms. The first-order valence-electron chi connectivity index (χ1n) is 5.65. The third kappa shape index (κ3) is 2.15. The summed E-state index contributed by atoms with van der Waals surface area (Å²) >= 11 is 5.05. The van der Waals surface area contributed by atoms with Gasteiger partial charge in [0, 0.05) is 21.8 Å². The average Bonchev–Trinajstić information content (AvgIpc) is 2.94. The summed E-state index contributed by atoms with van der Waals surface area (Å²) in [5.74, 6) is 0.809. The van der Waals surface area contributed by atoms with Crippen molar-refractivity contribution < 1.29 is 4.42 Å². The molecule has 2 heterocycles. The standard InChI is InChI=1S/C13H11BrN2OS/c1-2-15-13-16-10(7-18-13)12-6-8-5-9(14)3-4-11(8)17-12/h3-7H,2H2,1H3,(H,15,16). The van der Waals surface area contributed by atoms with Gasteiger partial charge >= 0.3 is 0 Å². The molecule has 0 aliphatic carbocycles. The van der Waals surface area contributed by atoms with Gasteiger partial charge in [0.2, 0.25) is 0 Å². The van der Waals surface area contributed by atoms with E-state index in [1.165, 1.54) is 0 Å². The summed E-state index contributed by atoms with van der Waals surface area (Å²) in [4.78, 5) is 4.49. The van der Waals surface area contributed by atoms with Gasteiger partial charge in [-0.2, -0.15) is 0 Å². The molecule has 0 fully saturated rings. The van der Waals surface area contributed by atoms with Gasteiger partial charge in [-0.3, -0.25) is 0 Å². The summed E-state index contributed by atoms with van der Waals surface area (Å²) in [6, 6.07) is 7.99. The number of thiazole rings is 1. The summed E-state index contributed by atoms with van der Waals surface area (Å²) in [5, 5.41) is 7.21.